The van der Waals surface area contributed by atoms with Crippen LogP contribution in [0, 0.1) is 0 Å². The minimum Gasteiger partial charge on any atom is -0.378 e. The fourth-order valence-electron chi connectivity index (χ4n) is 2.07. The van der Waals surface area contributed by atoms with E-state index in [1.807, 2.05) is 12.1 Å². The summed E-state index contributed by atoms with van der Waals surface area (Å²) in [4.78, 5) is 11.8. The number of halogens is 2. The number of hydrogen-bond acceptors (Lipinski definition) is 3. The molecule has 1 fully saturated rings. The number of rotatable bonds is 5. The number of aryl methyl sites for hydroxylation is 1. The van der Waals surface area contributed by atoms with Crippen LogP contribution < -0.4 is 10.6 Å². The van der Waals surface area contributed by atoms with Crippen LogP contribution in [-0.2, 0) is 16.0 Å². The van der Waals surface area contributed by atoms with Gasteiger partial charge < -0.3 is 15.4 Å². The van der Waals surface area contributed by atoms with Crippen LogP contribution in [0.15, 0.2) is 18.2 Å². The molecule has 0 bridgehead atoms. The summed E-state index contributed by atoms with van der Waals surface area (Å²) in [5, 5.41) is 7.33. The Balaban J connectivity index is 1.69. The van der Waals surface area contributed by atoms with Gasteiger partial charge in [-0.05, 0) is 30.5 Å². The van der Waals surface area contributed by atoms with Gasteiger partial charge in [0.15, 0.2) is 0 Å². The molecule has 2 N–H and O–H groups in total. The van der Waals surface area contributed by atoms with Gasteiger partial charge in [0.05, 0.1) is 13.2 Å². The van der Waals surface area contributed by atoms with E-state index in [2.05, 4.69) is 10.6 Å². The summed E-state index contributed by atoms with van der Waals surface area (Å²) in [6, 6.07) is 5.25. The highest BCUT2D eigenvalue weighted by Crippen LogP contribution is 2.21. The summed E-state index contributed by atoms with van der Waals surface area (Å²) in [6.07, 6.45) is 1.64. The third kappa shape index (κ3) is 4.63. The summed E-state index contributed by atoms with van der Waals surface area (Å²) >= 11 is 11.9. The number of hydrogen-bond donors (Lipinski definition) is 2. The molecule has 1 aliphatic heterocycles. The lowest BCUT2D eigenvalue weighted by Gasteiger charge is -2.22. The van der Waals surface area contributed by atoms with Crippen LogP contribution >= 0.6 is 23.2 Å². The quantitative estimate of drug-likeness (QED) is 0.817. The fourth-order valence-corrected chi connectivity index (χ4v) is 2.57. The van der Waals surface area contributed by atoms with E-state index in [1.54, 1.807) is 6.07 Å². The van der Waals surface area contributed by atoms with Gasteiger partial charge in [0, 0.05) is 23.1 Å². The summed E-state index contributed by atoms with van der Waals surface area (Å²) in [5.74, 6) is -0.00750. The molecule has 0 aliphatic carbocycles. The normalized spacial score (nSPS) is 18.8. The van der Waals surface area contributed by atoms with E-state index in [0.29, 0.717) is 29.8 Å². The van der Waals surface area contributed by atoms with Gasteiger partial charge in [0.2, 0.25) is 5.91 Å². The first-order valence-electron chi connectivity index (χ1n) is 6.69. The Labute approximate surface area is 128 Å². The molecule has 1 aliphatic rings. The fraction of sp³-hybridized carbons (Fsp3) is 0.500. The molecule has 2 rings (SSSR count). The molecule has 1 heterocycles. The Bertz CT molecular complexity index is 462. The van der Waals surface area contributed by atoms with Crippen LogP contribution in [0.1, 0.15) is 12.0 Å². The Morgan fingerprint density at radius 2 is 2.30 bits per heavy atom. The van der Waals surface area contributed by atoms with Crippen molar-refractivity contribution in [3.63, 3.8) is 0 Å². The second-order valence-corrected chi connectivity index (χ2v) is 5.56. The smallest absolute Gasteiger partial charge is 0.239 e. The number of amides is 1. The average molecular weight is 317 g/mol. The van der Waals surface area contributed by atoms with E-state index in [1.165, 1.54) is 0 Å². The molecule has 1 atom stereocenters. The minimum absolute atomic E-state index is 0.00750. The molecule has 0 aromatic heterocycles. The third-order valence-corrected chi connectivity index (χ3v) is 3.76. The van der Waals surface area contributed by atoms with Crippen LogP contribution in [0.25, 0.3) is 0 Å². The number of carbonyl (C=O) groups is 1. The Morgan fingerprint density at radius 3 is 3.00 bits per heavy atom. The molecule has 0 spiro atoms. The molecular weight excluding hydrogens is 299 g/mol. The summed E-state index contributed by atoms with van der Waals surface area (Å²) in [5.41, 5.74) is 1.05. The number of nitrogens with one attached hydrogen (secondary N) is 2. The zero-order valence-electron chi connectivity index (χ0n) is 11.1. The molecular formula is C14H18Cl2N2O2. The molecule has 1 aromatic rings. The topological polar surface area (TPSA) is 50.4 Å². The molecule has 20 heavy (non-hydrogen) atoms. The predicted octanol–water partition coefficient (Wildman–Crippen LogP) is 2.03. The van der Waals surface area contributed by atoms with Crippen molar-refractivity contribution in [1.82, 2.24) is 10.6 Å². The molecule has 1 saturated heterocycles. The summed E-state index contributed by atoms with van der Waals surface area (Å²) in [7, 11) is 0. The number of benzene rings is 1. The van der Waals surface area contributed by atoms with Crippen molar-refractivity contribution in [1.29, 1.82) is 0 Å². The van der Waals surface area contributed by atoms with Crippen LogP contribution in [0.4, 0.5) is 0 Å². The SMILES string of the molecule is O=C(NCCCc1ccc(Cl)cc1Cl)C1COCCN1. The van der Waals surface area contributed by atoms with E-state index >= 15 is 0 Å². The summed E-state index contributed by atoms with van der Waals surface area (Å²) in [6.45, 7) is 2.45. The first-order valence-corrected chi connectivity index (χ1v) is 7.45. The summed E-state index contributed by atoms with van der Waals surface area (Å²) < 4.78 is 5.25. The van der Waals surface area contributed by atoms with Crippen molar-refractivity contribution in [3.05, 3.63) is 33.8 Å². The van der Waals surface area contributed by atoms with Gasteiger partial charge in [-0.2, -0.15) is 0 Å². The van der Waals surface area contributed by atoms with E-state index in [4.69, 9.17) is 27.9 Å². The van der Waals surface area contributed by atoms with Crippen molar-refractivity contribution < 1.29 is 9.53 Å². The molecule has 1 unspecified atom stereocenters. The lowest BCUT2D eigenvalue weighted by molar-refractivity contribution is -0.125. The van der Waals surface area contributed by atoms with E-state index in [-0.39, 0.29) is 11.9 Å². The second kappa shape index (κ2) is 7.84. The molecule has 0 saturated carbocycles. The number of morpholine rings is 1. The Hall–Kier alpha value is -0.810. The largest absolute Gasteiger partial charge is 0.378 e. The first-order chi connectivity index (χ1) is 9.66. The maximum absolute atomic E-state index is 11.8. The number of carbonyl (C=O) groups excluding carboxylic acids is 1. The number of ether oxygens (including phenoxy) is 1. The predicted molar refractivity (Wildman–Crippen MR) is 80.4 cm³/mol. The van der Waals surface area contributed by atoms with Crippen molar-refractivity contribution in [3.8, 4) is 0 Å². The van der Waals surface area contributed by atoms with Crippen molar-refractivity contribution in [2.75, 3.05) is 26.3 Å². The van der Waals surface area contributed by atoms with Gasteiger partial charge in [0.1, 0.15) is 6.04 Å². The Kier molecular flexibility index (Phi) is 6.10. The Morgan fingerprint density at radius 1 is 1.45 bits per heavy atom. The molecule has 1 aromatic carbocycles. The maximum Gasteiger partial charge on any atom is 0.239 e. The minimum atomic E-state index is -0.233. The first kappa shape index (κ1) is 15.6. The average Bonchev–Trinajstić information content (AvgIpc) is 2.46. The van der Waals surface area contributed by atoms with Gasteiger partial charge in [-0.3, -0.25) is 4.79 Å². The maximum atomic E-state index is 11.8. The lowest BCUT2D eigenvalue weighted by atomic mass is 10.1. The van der Waals surface area contributed by atoms with Crippen LogP contribution in [-0.4, -0.2) is 38.3 Å². The van der Waals surface area contributed by atoms with E-state index in [9.17, 15) is 4.79 Å². The second-order valence-electron chi connectivity index (χ2n) is 4.71. The monoisotopic (exact) mass is 316 g/mol. The van der Waals surface area contributed by atoms with Crippen molar-refractivity contribution in [2.24, 2.45) is 0 Å². The molecule has 6 heteroatoms. The standard InChI is InChI=1S/C14H18Cl2N2O2/c15-11-4-3-10(12(16)8-11)2-1-5-18-14(19)13-9-20-7-6-17-13/h3-4,8,13,17H,1-2,5-7,9H2,(H,18,19). The van der Waals surface area contributed by atoms with Gasteiger partial charge >= 0.3 is 0 Å². The van der Waals surface area contributed by atoms with Crippen LogP contribution in [0.3, 0.4) is 0 Å². The molecule has 1 amide bonds. The van der Waals surface area contributed by atoms with E-state index in [0.717, 1.165) is 24.9 Å². The highest BCUT2D eigenvalue weighted by molar-refractivity contribution is 6.35. The highest BCUT2D eigenvalue weighted by atomic mass is 35.5. The van der Waals surface area contributed by atoms with Gasteiger partial charge in [-0.25, -0.2) is 0 Å². The lowest BCUT2D eigenvalue weighted by Crippen LogP contribution is -2.51. The highest BCUT2D eigenvalue weighted by Gasteiger charge is 2.20. The molecule has 0 radical (unpaired) electrons. The van der Waals surface area contributed by atoms with Gasteiger partial charge in [0.25, 0.3) is 0 Å². The van der Waals surface area contributed by atoms with E-state index < -0.39 is 0 Å². The zero-order valence-corrected chi connectivity index (χ0v) is 12.6. The van der Waals surface area contributed by atoms with Gasteiger partial charge in [-0.1, -0.05) is 29.3 Å². The van der Waals surface area contributed by atoms with Crippen molar-refractivity contribution in [2.45, 2.75) is 18.9 Å². The van der Waals surface area contributed by atoms with Gasteiger partial charge in [-0.15, -0.1) is 0 Å². The van der Waals surface area contributed by atoms with Crippen LogP contribution in [0.2, 0.25) is 10.0 Å². The molecule has 4 nitrogen and oxygen atoms in total. The zero-order chi connectivity index (χ0) is 14.4. The van der Waals surface area contributed by atoms with Crippen LogP contribution in [0.5, 0.6) is 0 Å². The third-order valence-electron chi connectivity index (χ3n) is 3.18. The molecule has 110 valence electrons. The van der Waals surface area contributed by atoms with Crippen molar-refractivity contribution >= 4 is 29.1 Å².